The molecule has 168 valence electrons. The Hall–Kier alpha value is -3.17. The monoisotopic (exact) mass is 436 g/mol. The highest BCUT2D eigenvalue weighted by atomic mass is 16.5. The number of methoxy groups -OCH3 is 1. The van der Waals surface area contributed by atoms with Crippen LogP contribution in [0, 0.1) is 0 Å². The van der Waals surface area contributed by atoms with Gasteiger partial charge in [-0.3, -0.25) is 4.79 Å². The second kappa shape index (κ2) is 8.76. The van der Waals surface area contributed by atoms with Crippen molar-refractivity contribution in [1.29, 1.82) is 0 Å². The van der Waals surface area contributed by atoms with Gasteiger partial charge in [0.2, 0.25) is 5.95 Å². The first-order valence-corrected chi connectivity index (χ1v) is 11.1. The normalized spacial score (nSPS) is 20.6. The van der Waals surface area contributed by atoms with Crippen LogP contribution in [-0.2, 0) is 11.3 Å². The Balaban J connectivity index is 1.32. The van der Waals surface area contributed by atoms with Crippen LogP contribution in [0.2, 0.25) is 0 Å². The zero-order valence-electron chi connectivity index (χ0n) is 18.1. The van der Waals surface area contributed by atoms with Gasteiger partial charge >= 0.3 is 0 Å². The fourth-order valence-electron chi connectivity index (χ4n) is 4.47. The minimum Gasteiger partial charge on any atom is -0.393 e. The Kier molecular flexibility index (Phi) is 5.67. The number of hydrogen-bond acceptors (Lipinski definition) is 7. The number of nitrogens with zero attached hydrogens (tertiary/aromatic N) is 4. The van der Waals surface area contributed by atoms with Crippen molar-refractivity contribution < 1.29 is 14.6 Å². The lowest BCUT2D eigenvalue weighted by Gasteiger charge is -2.26. The van der Waals surface area contributed by atoms with Crippen molar-refractivity contribution in [3.63, 3.8) is 0 Å². The smallest absolute Gasteiger partial charge is 0.254 e. The maximum atomic E-state index is 12.5. The summed E-state index contributed by atoms with van der Waals surface area (Å²) in [6, 6.07) is 11.9. The van der Waals surface area contributed by atoms with E-state index in [1.54, 1.807) is 16.5 Å². The second-order valence-corrected chi connectivity index (χ2v) is 8.48. The molecule has 0 spiro atoms. The van der Waals surface area contributed by atoms with Crippen LogP contribution in [0.15, 0.2) is 36.4 Å². The van der Waals surface area contributed by atoms with E-state index in [1.807, 2.05) is 36.4 Å². The Bertz CT molecular complexity index is 1120. The molecule has 0 saturated heterocycles. The van der Waals surface area contributed by atoms with Crippen molar-refractivity contribution >= 4 is 29.0 Å². The third-order valence-electron chi connectivity index (χ3n) is 6.21. The molecule has 1 fully saturated rings. The highest BCUT2D eigenvalue weighted by Gasteiger charge is 2.27. The Morgan fingerprint density at radius 2 is 2.03 bits per heavy atom. The van der Waals surface area contributed by atoms with E-state index in [0.717, 1.165) is 54.0 Å². The number of carbonyl (C=O) groups excluding carboxylic acids is 1. The summed E-state index contributed by atoms with van der Waals surface area (Å²) in [5.41, 5.74) is 3.31. The van der Waals surface area contributed by atoms with Gasteiger partial charge in [0.25, 0.3) is 5.91 Å². The minimum atomic E-state index is -0.180. The van der Waals surface area contributed by atoms with Gasteiger partial charge in [-0.1, -0.05) is 6.07 Å². The van der Waals surface area contributed by atoms with E-state index in [-0.39, 0.29) is 12.0 Å². The lowest BCUT2D eigenvalue weighted by molar-refractivity contribution is 0.0719. The Labute approximate surface area is 186 Å². The quantitative estimate of drug-likeness (QED) is 0.523. The molecule has 3 aromatic rings. The molecule has 1 aromatic carbocycles. The molecule has 3 N–H and O–H groups in total. The number of anilines is 3. The van der Waals surface area contributed by atoms with E-state index in [2.05, 4.69) is 20.7 Å². The molecule has 0 atom stereocenters. The van der Waals surface area contributed by atoms with E-state index in [1.165, 1.54) is 0 Å². The summed E-state index contributed by atoms with van der Waals surface area (Å²) in [5, 5.41) is 21.2. The average Bonchev–Trinajstić information content (AvgIpc) is 3.34. The summed E-state index contributed by atoms with van der Waals surface area (Å²) in [4.78, 5) is 18.9. The van der Waals surface area contributed by atoms with Gasteiger partial charge in [0, 0.05) is 37.5 Å². The number of ether oxygens (including phenoxy) is 1. The topological polar surface area (TPSA) is 104 Å². The third-order valence-corrected chi connectivity index (χ3v) is 6.21. The van der Waals surface area contributed by atoms with Crippen molar-refractivity contribution in [2.75, 3.05) is 30.9 Å². The van der Waals surface area contributed by atoms with Crippen LogP contribution >= 0.6 is 0 Å². The summed E-state index contributed by atoms with van der Waals surface area (Å²) in [6.45, 7) is 1.68. The van der Waals surface area contributed by atoms with E-state index in [4.69, 9.17) is 4.74 Å². The predicted octanol–water partition coefficient (Wildman–Crippen LogP) is 2.79. The number of benzene rings is 1. The number of hydrogen-bond donors (Lipinski definition) is 3. The molecule has 1 saturated carbocycles. The summed E-state index contributed by atoms with van der Waals surface area (Å²) in [5.74, 6) is 1.43. The van der Waals surface area contributed by atoms with Gasteiger partial charge in [-0.2, -0.15) is 9.50 Å². The number of nitrogens with one attached hydrogen (secondary N) is 2. The summed E-state index contributed by atoms with van der Waals surface area (Å²) < 4.78 is 6.91. The van der Waals surface area contributed by atoms with Crippen LogP contribution in [0.25, 0.3) is 5.65 Å². The number of amides is 1. The number of aliphatic hydroxyl groups excluding tert-OH is 1. The van der Waals surface area contributed by atoms with Crippen molar-refractivity contribution in [2.24, 2.45) is 0 Å². The van der Waals surface area contributed by atoms with Gasteiger partial charge in [-0.15, -0.1) is 5.10 Å². The zero-order valence-corrected chi connectivity index (χ0v) is 18.1. The van der Waals surface area contributed by atoms with Gasteiger partial charge in [0.1, 0.15) is 5.82 Å². The number of rotatable bonds is 7. The number of pyridine rings is 1. The van der Waals surface area contributed by atoms with Gasteiger partial charge in [0.05, 0.1) is 12.7 Å². The van der Waals surface area contributed by atoms with Gasteiger partial charge in [-0.05, 0) is 61.6 Å². The third kappa shape index (κ3) is 4.13. The zero-order chi connectivity index (χ0) is 22.1. The summed E-state index contributed by atoms with van der Waals surface area (Å²) in [7, 11) is 1.64. The molecule has 1 aliphatic carbocycles. The first-order valence-electron chi connectivity index (χ1n) is 11.1. The fraction of sp³-hybridized carbons (Fsp3) is 0.435. The van der Waals surface area contributed by atoms with Crippen molar-refractivity contribution in [2.45, 2.75) is 44.4 Å². The molecule has 2 aliphatic rings. The Morgan fingerprint density at radius 1 is 1.19 bits per heavy atom. The van der Waals surface area contributed by atoms with Crippen LogP contribution in [0.5, 0.6) is 0 Å². The van der Waals surface area contributed by atoms with Crippen LogP contribution < -0.4 is 10.6 Å². The molecule has 1 amide bonds. The second-order valence-electron chi connectivity index (χ2n) is 8.48. The van der Waals surface area contributed by atoms with Crippen LogP contribution in [0.1, 0.15) is 41.6 Å². The molecule has 9 heteroatoms. The van der Waals surface area contributed by atoms with E-state index in [9.17, 15) is 9.90 Å². The first kappa shape index (κ1) is 20.7. The number of carbonyl (C=O) groups is 1. The van der Waals surface area contributed by atoms with Crippen molar-refractivity contribution in [1.82, 2.24) is 19.5 Å². The van der Waals surface area contributed by atoms with Crippen molar-refractivity contribution in [3.05, 3.63) is 47.5 Å². The SMILES string of the molecule is COCCN1Cc2cc(Nc3nc4cccc(NC5CCC(O)CC5)n4n3)ccc2C1=O. The lowest BCUT2D eigenvalue weighted by Crippen LogP contribution is -2.29. The molecule has 0 radical (unpaired) electrons. The van der Waals surface area contributed by atoms with Crippen molar-refractivity contribution in [3.8, 4) is 0 Å². The number of aliphatic hydroxyl groups is 1. The maximum absolute atomic E-state index is 12.5. The highest BCUT2D eigenvalue weighted by Crippen LogP contribution is 2.27. The largest absolute Gasteiger partial charge is 0.393 e. The van der Waals surface area contributed by atoms with Gasteiger partial charge in [-0.25, -0.2) is 0 Å². The average molecular weight is 437 g/mol. The molecule has 1 aliphatic heterocycles. The minimum absolute atomic E-state index is 0.0420. The molecule has 32 heavy (non-hydrogen) atoms. The lowest BCUT2D eigenvalue weighted by atomic mass is 9.93. The molecule has 2 aromatic heterocycles. The number of fused-ring (bicyclic) bond motifs is 2. The molecule has 9 nitrogen and oxygen atoms in total. The van der Waals surface area contributed by atoms with Gasteiger partial charge in [0.15, 0.2) is 5.65 Å². The van der Waals surface area contributed by atoms with Crippen LogP contribution in [0.4, 0.5) is 17.5 Å². The summed E-state index contributed by atoms with van der Waals surface area (Å²) in [6.07, 6.45) is 3.34. The van der Waals surface area contributed by atoms with Gasteiger partial charge < -0.3 is 25.4 Å². The first-order chi connectivity index (χ1) is 15.6. The van der Waals surface area contributed by atoms with Crippen LogP contribution in [-0.4, -0.2) is 62.9 Å². The standard InChI is InChI=1S/C23H28N6O3/c1-32-12-11-28-14-15-13-17(7-10-19(15)22(28)31)25-23-26-21-4-2-3-20(29(21)27-23)24-16-5-8-18(30)9-6-16/h2-4,7,10,13,16,18,24,30H,5-6,8-9,11-12,14H2,1H3,(H,25,27). The molecule has 0 bridgehead atoms. The van der Waals surface area contributed by atoms with Crippen LogP contribution in [0.3, 0.4) is 0 Å². The fourth-order valence-corrected chi connectivity index (χ4v) is 4.47. The maximum Gasteiger partial charge on any atom is 0.254 e. The molecular formula is C23H28N6O3. The highest BCUT2D eigenvalue weighted by molar-refractivity contribution is 5.98. The van der Waals surface area contributed by atoms with E-state index < -0.39 is 0 Å². The molecule has 3 heterocycles. The van der Waals surface area contributed by atoms with E-state index in [0.29, 0.717) is 31.7 Å². The molecule has 0 unspecified atom stereocenters. The molecular weight excluding hydrogens is 408 g/mol. The van der Waals surface area contributed by atoms with E-state index >= 15 is 0 Å². The summed E-state index contributed by atoms with van der Waals surface area (Å²) >= 11 is 0. The number of aromatic nitrogens is 3. The molecule has 5 rings (SSSR count). The predicted molar refractivity (Wildman–Crippen MR) is 121 cm³/mol. The Morgan fingerprint density at radius 3 is 2.84 bits per heavy atom.